The highest BCUT2D eigenvalue weighted by atomic mass is 35.5. The second kappa shape index (κ2) is 9.92. The summed E-state index contributed by atoms with van der Waals surface area (Å²) in [5.74, 6) is 1.84. The lowest BCUT2D eigenvalue weighted by atomic mass is 10.1. The highest BCUT2D eigenvalue weighted by Gasteiger charge is 2.09. The molecule has 0 aliphatic heterocycles. The number of aromatic nitrogens is 2. The summed E-state index contributed by atoms with van der Waals surface area (Å²) < 4.78 is 10.3. The molecule has 2 aromatic carbocycles. The third-order valence-electron chi connectivity index (χ3n) is 4.03. The fraction of sp³-hybridized carbons (Fsp3) is 0.238. The van der Waals surface area contributed by atoms with E-state index in [-0.39, 0.29) is 0 Å². The van der Waals surface area contributed by atoms with Gasteiger partial charge in [0.15, 0.2) is 0 Å². The predicted molar refractivity (Wildman–Crippen MR) is 114 cm³/mol. The van der Waals surface area contributed by atoms with Crippen LogP contribution >= 0.6 is 11.6 Å². The Hall–Kier alpha value is -2.83. The van der Waals surface area contributed by atoms with Gasteiger partial charge in [-0.2, -0.15) is 4.98 Å². The molecule has 0 aliphatic rings. The molecule has 0 amide bonds. The molecule has 0 saturated carbocycles. The molecule has 146 valence electrons. The Morgan fingerprint density at radius 2 is 1.82 bits per heavy atom. The van der Waals surface area contributed by atoms with E-state index in [9.17, 15) is 0 Å². The Bertz CT molecular complexity index is 906. The van der Waals surface area contributed by atoms with E-state index in [0.717, 1.165) is 35.7 Å². The summed E-state index contributed by atoms with van der Waals surface area (Å²) in [6, 6.07) is 17.4. The van der Waals surface area contributed by atoms with Crippen molar-refractivity contribution < 1.29 is 9.47 Å². The molecule has 0 saturated heterocycles. The maximum absolute atomic E-state index is 6.22. The van der Waals surface area contributed by atoms with E-state index in [1.165, 1.54) is 0 Å². The zero-order chi connectivity index (χ0) is 19.8. The van der Waals surface area contributed by atoms with Crippen LogP contribution in [0.5, 0.6) is 5.75 Å². The van der Waals surface area contributed by atoms with Crippen molar-refractivity contribution in [3.05, 3.63) is 59.6 Å². The van der Waals surface area contributed by atoms with Gasteiger partial charge in [0.1, 0.15) is 11.6 Å². The number of nitrogens with zero attached hydrogens (tertiary/aromatic N) is 2. The SMILES string of the molecule is COCCCNc1cc(-c2ccccc2)nc(Nc2ccc(OC)c(Cl)c2)n1. The van der Waals surface area contributed by atoms with Crippen LogP contribution in [0.1, 0.15) is 6.42 Å². The summed E-state index contributed by atoms with van der Waals surface area (Å²) in [5, 5.41) is 7.07. The quantitative estimate of drug-likeness (QED) is 0.494. The van der Waals surface area contributed by atoms with E-state index >= 15 is 0 Å². The molecule has 0 fully saturated rings. The molecular formula is C21H23ClN4O2. The number of hydrogen-bond acceptors (Lipinski definition) is 6. The Balaban J connectivity index is 1.87. The lowest BCUT2D eigenvalue weighted by molar-refractivity contribution is 0.198. The number of ether oxygens (including phenoxy) is 2. The van der Waals surface area contributed by atoms with Crippen molar-refractivity contribution in [2.24, 2.45) is 0 Å². The summed E-state index contributed by atoms with van der Waals surface area (Å²) in [6.07, 6.45) is 0.887. The summed E-state index contributed by atoms with van der Waals surface area (Å²) in [4.78, 5) is 9.23. The molecule has 0 spiro atoms. The van der Waals surface area contributed by atoms with Crippen LogP contribution in [0.15, 0.2) is 54.6 Å². The number of halogens is 1. The number of benzene rings is 2. The van der Waals surface area contributed by atoms with Crippen LogP contribution in [-0.4, -0.2) is 37.3 Å². The third kappa shape index (κ3) is 5.34. The van der Waals surface area contributed by atoms with Gasteiger partial charge in [0, 0.05) is 37.6 Å². The average Bonchev–Trinajstić information content (AvgIpc) is 2.72. The molecule has 7 heteroatoms. The summed E-state index contributed by atoms with van der Waals surface area (Å²) in [5.41, 5.74) is 2.62. The molecule has 6 nitrogen and oxygen atoms in total. The van der Waals surface area contributed by atoms with Crippen molar-refractivity contribution in [2.45, 2.75) is 6.42 Å². The topological polar surface area (TPSA) is 68.3 Å². The van der Waals surface area contributed by atoms with Gasteiger partial charge in [-0.3, -0.25) is 0 Å². The Kier molecular flexibility index (Phi) is 7.06. The average molecular weight is 399 g/mol. The minimum absolute atomic E-state index is 0.483. The molecule has 0 radical (unpaired) electrons. The van der Waals surface area contributed by atoms with Crippen LogP contribution in [0, 0.1) is 0 Å². The second-order valence-corrected chi connectivity index (χ2v) is 6.48. The van der Waals surface area contributed by atoms with Crippen molar-refractivity contribution in [1.29, 1.82) is 0 Å². The van der Waals surface area contributed by atoms with Gasteiger partial charge in [0.05, 0.1) is 17.8 Å². The normalized spacial score (nSPS) is 10.5. The van der Waals surface area contributed by atoms with Gasteiger partial charge in [0.25, 0.3) is 0 Å². The molecule has 3 rings (SSSR count). The van der Waals surface area contributed by atoms with Crippen molar-refractivity contribution >= 4 is 29.1 Å². The van der Waals surface area contributed by atoms with E-state index in [2.05, 4.69) is 20.6 Å². The molecule has 3 aromatic rings. The number of nitrogens with one attached hydrogen (secondary N) is 2. The van der Waals surface area contributed by atoms with Crippen LogP contribution < -0.4 is 15.4 Å². The van der Waals surface area contributed by atoms with Gasteiger partial charge >= 0.3 is 0 Å². The zero-order valence-corrected chi connectivity index (χ0v) is 16.7. The lowest BCUT2D eigenvalue weighted by Gasteiger charge is -2.12. The molecule has 1 heterocycles. The van der Waals surface area contributed by atoms with E-state index in [1.807, 2.05) is 42.5 Å². The highest BCUT2D eigenvalue weighted by molar-refractivity contribution is 6.32. The summed E-state index contributed by atoms with van der Waals surface area (Å²) >= 11 is 6.22. The monoisotopic (exact) mass is 398 g/mol. The highest BCUT2D eigenvalue weighted by Crippen LogP contribution is 2.29. The first kappa shape index (κ1) is 19.9. The maximum Gasteiger partial charge on any atom is 0.229 e. The van der Waals surface area contributed by atoms with Crippen LogP contribution in [-0.2, 0) is 4.74 Å². The zero-order valence-electron chi connectivity index (χ0n) is 15.9. The van der Waals surface area contributed by atoms with Gasteiger partial charge in [-0.15, -0.1) is 0 Å². The molecular weight excluding hydrogens is 376 g/mol. The standard InChI is InChI=1S/C21H23ClN4O2/c1-27-12-6-11-23-20-14-18(15-7-4-3-5-8-15)25-21(26-20)24-16-9-10-19(28-2)17(22)13-16/h3-5,7-10,13-14H,6,11-12H2,1-2H3,(H2,23,24,25,26). The molecule has 0 bridgehead atoms. The van der Waals surface area contributed by atoms with E-state index in [0.29, 0.717) is 23.3 Å². The predicted octanol–water partition coefficient (Wildman–Crippen LogP) is 5.00. The van der Waals surface area contributed by atoms with Crippen molar-refractivity contribution in [3.63, 3.8) is 0 Å². The number of hydrogen-bond donors (Lipinski definition) is 2. The fourth-order valence-corrected chi connectivity index (χ4v) is 2.91. The van der Waals surface area contributed by atoms with Crippen molar-refractivity contribution in [3.8, 4) is 17.0 Å². The van der Waals surface area contributed by atoms with Gasteiger partial charge in [-0.1, -0.05) is 41.9 Å². The lowest BCUT2D eigenvalue weighted by Crippen LogP contribution is -2.08. The fourth-order valence-electron chi connectivity index (χ4n) is 2.66. The molecule has 1 aromatic heterocycles. The number of anilines is 3. The van der Waals surface area contributed by atoms with E-state index in [1.54, 1.807) is 26.4 Å². The third-order valence-corrected chi connectivity index (χ3v) is 4.33. The molecule has 0 aliphatic carbocycles. The first-order chi connectivity index (χ1) is 13.7. The van der Waals surface area contributed by atoms with Crippen LogP contribution in [0.4, 0.5) is 17.5 Å². The van der Waals surface area contributed by atoms with Crippen LogP contribution in [0.2, 0.25) is 5.02 Å². The van der Waals surface area contributed by atoms with Gasteiger partial charge in [0.2, 0.25) is 5.95 Å². The van der Waals surface area contributed by atoms with Crippen LogP contribution in [0.25, 0.3) is 11.3 Å². The number of rotatable bonds is 9. The van der Waals surface area contributed by atoms with E-state index < -0.39 is 0 Å². The van der Waals surface area contributed by atoms with Crippen LogP contribution in [0.3, 0.4) is 0 Å². The maximum atomic E-state index is 6.22. The van der Waals surface area contributed by atoms with Crippen molar-refractivity contribution in [1.82, 2.24) is 9.97 Å². The van der Waals surface area contributed by atoms with E-state index in [4.69, 9.17) is 21.1 Å². The Morgan fingerprint density at radius 3 is 2.54 bits per heavy atom. The van der Waals surface area contributed by atoms with Gasteiger partial charge in [-0.05, 0) is 24.6 Å². The van der Waals surface area contributed by atoms with Gasteiger partial charge < -0.3 is 20.1 Å². The largest absolute Gasteiger partial charge is 0.495 e. The Labute approximate surface area is 169 Å². The minimum Gasteiger partial charge on any atom is -0.495 e. The van der Waals surface area contributed by atoms with Gasteiger partial charge in [-0.25, -0.2) is 4.98 Å². The first-order valence-electron chi connectivity index (χ1n) is 8.97. The molecule has 2 N–H and O–H groups in total. The minimum atomic E-state index is 0.483. The molecule has 0 atom stereocenters. The molecule has 0 unspecified atom stereocenters. The first-order valence-corrected chi connectivity index (χ1v) is 9.35. The van der Waals surface area contributed by atoms with Crippen molar-refractivity contribution in [2.75, 3.05) is 38.0 Å². The smallest absolute Gasteiger partial charge is 0.229 e. The second-order valence-electron chi connectivity index (χ2n) is 6.08. The Morgan fingerprint density at radius 1 is 1.00 bits per heavy atom. The number of methoxy groups -OCH3 is 2. The summed E-state index contributed by atoms with van der Waals surface area (Å²) in [7, 11) is 3.28. The summed E-state index contributed by atoms with van der Waals surface area (Å²) in [6.45, 7) is 1.45. The molecule has 28 heavy (non-hydrogen) atoms.